The van der Waals surface area contributed by atoms with Gasteiger partial charge in [0.05, 0.1) is 4.90 Å². The molecule has 0 spiro atoms. The minimum absolute atomic E-state index is 0.0100. The van der Waals surface area contributed by atoms with Crippen molar-refractivity contribution in [3.8, 4) is 0 Å². The lowest BCUT2D eigenvalue weighted by Gasteiger charge is -2.29. The third-order valence-electron chi connectivity index (χ3n) is 4.54. The van der Waals surface area contributed by atoms with Gasteiger partial charge in [-0.1, -0.05) is 24.3 Å². The van der Waals surface area contributed by atoms with Crippen molar-refractivity contribution in [3.63, 3.8) is 0 Å². The average molecular weight is 376 g/mol. The molecule has 0 aromatic heterocycles. The highest BCUT2D eigenvalue weighted by Gasteiger charge is 2.21. The van der Waals surface area contributed by atoms with Crippen LogP contribution in [0.4, 0.5) is 4.39 Å². The smallest absolute Gasteiger partial charge is 0.240 e. The molecule has 2 aromatic carbocycles. The lowest BCUT2D eigenvalue weighted by atomic mass is 10.00. The number of halogens is 1. The molecule has 0 saturated carbocycles. The first-order valence-corrected chi connectivity index (χ1v) is 9.95. The molecule has 0 atom stereocenters. The molecule has 3 rings (SSSR count). The van der Waals surface area contributed by atoms with Gasteiger partial charge >= 0.3 is 0 Å². The number of nitrogens with zero attached hydrogens (tertiary/aromatic N) is 1. The monoisotopic (exact) mass is 376 g/mol. The highest BCUT2D eigenvalue weighted by Crippen LogP contribution is 2.19. The molecular weight excluding hydrogens is 355 g/mol. The van der Waals surface area contributed by atoms with Crippen molar-refractivity contribution in [3.05, 3.63) is 65.0 Å². The Kier molecular flexibility index (Phi) is 5.38. The standard InChI is InChI=1S/C19H21FN2O3S/c1-14-12-17(20)6-7-18(14)26(24,25)21-10-8-19(23)22-11-9-15-4-2-3-5-16(15)13-22/h2-7,12,21H,8-11,13H2,1H3. The predicted molar refractivity (Wildman–Crippen MR) is 96.5 cm³/mol. The zero-order valence-corrected chi connectivity index (χ0v) is 15.4. The molecule has 138 valence electrons. The van der Waals surface area contributed by atoms with Gasteiger partial charge in [0.15, 0.2) is 0 Å². The zero-order valence-electron chi connectivity index (χ0n) is 14.5. The minimum Gasteiger partial charge on any atom is -0.338 e. The summed E-state index contributed by atoms with van der Waals surface area (Å²) in [6.07, 6.45) is 0.893. The van der Waals surface area contributed by atoms with Crippen LogP contribution in [0.3, 0.4) is 0 Å². The summed E-state index contributed by atoms with van der Waals surface area (Å²) in [7, 11) is -3.77. The highest BCUT2D eigenvalue weighted by molar-refractivity contribution is 7.89. The van der Waals surface area contributed by atoms with Gasteiger partial charge in [-0.3, -0.25) is 4.79 Å². The van der Waals surface area contributed by atoms with Crippen molar-refractivity contribution in [1.29, 1.82) is 0 Å². The van der Waals surface area contributed by atoms with E-state index in [2.05, 4.69) is 10.8 Å². The summed E-state index contributed by atoms with van der Waals surface area (Å²) in [6.45, 7) is 2.74. The Labute approximate surface area is 152 Å². The van der Waals surface area contributed by atoms with Crippen molar-refractivity contribution in [2.75, 3.05) is 13.1 Å². The van der Waals surface area contributed by atoms with E-state index >= 15 is 0 Å². The summed E-state index contributed by atoms with van der Waals surface area (Å²) >= 11 is 0. The zero-order chi connectivity index (χ0) is 18.7. The van der Waals surface area contributed by atoms with Gasteiger partial charge in [-0.05, 0) is 48.2 Å². The molecule has 0 saturated heterocycles. The molecule has 7 heteroatoms. The van der Waals surface area contributed by atoms with E-state index in [4.69, 9.17) is 0 Å². The Balaban J connectivity index is 1.57. The van der Waals surface area contributed by atoms with E-state index in [1.54, 1.807) is 4.90 Å². The molecule has 0 fully saturated rings. The summed E-state index contributed by atoms with van der Waals surface area (Å²) in [5.74, 6) is -0.569. The van der Waals surface area contributed by atoms with Crippen molar-refractivity contribution >= 4 is 15.9 Å². The number of benzene rings is 2. The van der Waals surface area contributed by atoms with Crippen LogP contribution in [-0.2, 0) is 27.8 Å². The van der Waals surface area contributed by atoms with Gasteiger partial charge in [-0.15, -0.1) is 0 Å². The number of nitrogens with one attached hydrogen (secondary N) is 1. The van der Waals surface area contributed by atoms with Gasteiger partial charge in [0.25, 0.3) is 0 Å². The van der Waals surface area contributed by atoms with Crippen molar-refractivity contribution in [2.24, 2.45) is 0 Å². The lowest BCUT2D eigenvalue weighted by molar-refractivity contribution is -0.131. The van der Waals surface area contributed by atoms with Gasteiger partial charge in [-0.2, -0.15) is 0 Å². The highest BCUT2D eigenvalue weighted by atomic mass is 32.2. The van der Waals surface area contributed by atoms with Crippen LogP contribution in [0.2, 0.25) is 0 Å². The topological polar surface area (TPSA) is 66.5 Å². The Morgan fingerprint density at radius 2 is 1.92 bits per heavy atom. The molecule has 0 aliphatic carbocycles. The summed E-state index contributed by atoms with van der Waals surface area (Å²) < 4.78 is 40.2. The predicted octanol–water partition coefficient (Wildman–Crippen LogP) is 2.39. The van der Waals surface area contributed by atoms with Gasteiger partial charge in [0.1, 0.15) is 5.82 Å². The molecule has 1 heterocycles. The number of fused-ring (bicyclic) bond motifs is 1. The first-order valence-electron chi connectivity index (χ1n) is 8.47. The Bertz CT molecular complexity index is 928. The maximum Gasteiger partial charge on any atom is 0.240 e. The van der Waals surface area contributed by atoms with Crippen LogP contribution in [0, 0.1) is 12.7 Å². The number of carbonyl (C=O) groups excluding carboxylic acids is 1. The number of carbonyl (C=O) groups is 1. The number of sulfonamides is 1. The van der Waals surface area contributed by atoms with E-state index in [0.717, 1.165) is 18.1 Å². The molecule has 2 aromatic rings. The second-order valence-corrected chi connectivity index (χ2v) is 8.13. The summed E-state index contributed by atoms with van der Waals surface area (Å²) in [5.41, 5.74) is 2.72. The SMILES string of the molecule is Cc1cc(F)ccc1S(=O)(=O)NCCC(=O)N1CCc2ccccc2C1. The average Bonchev–Trinajstić information content (AvgIpc) is 2.60. The second kappa shape index (κ2) is 7.55. The fourth-order valence-corrected chi connectivity index (χ4v) is 4.41. The summed E-state index contributed by atoms with van der Waals surface area (Å²) in [6, 6.07) is 11.5. The first-order chi connectivity index (χ1) is 12.4. The number of amides is 1. The molecule has 0 unspecified atom stereocenters. The van der Waals surface area contributed by atoms with Crippen LogP contribution < -0.4 is 4.72 Å². The van der Waals surface area contributed by atoms with E-state index in [-0.39, 0.29) is 23.8 Å². The van der Waals surface area contributed by atoms with Gasteiger partial charge in [0, 0.05) is 26.1 Å². The van der Waals surface area contributed by atoms with E-state index in [9.17, 15) is 17.6 Å². The van der Waals surface area contributed by atoms with E-state index in [1.165, 1.54) is 24.6 Å². The Morgan fingerprint density at radius 3 is 2.65 bits per heavy atom. The molecule has 1 aliphatic heterocycles. The molecule has 26 heavy (non-hydrogen) atoms. The lowest BCUT2D eigenvalue weighted by Crippen LogP contribution is -2.38. The fourth-order valence-electron chi connectivity index (χ4n) is 3.15. The van der Waals surface area contributed by atoms with Gasteiger partial charge in [-0.25, -0.2) is 17.5 Å². The van der Waals surface area contributed by atoms with E-state index in [0.29, 0.717) is 18.7 Å². The van der Waals surface area contributed by atoms with Crippen molar-refractivity contribution in [2.45, 2.75) is 31.2 Å². The van der Waals surface area contributed by atoms with Crippen LogP contribution in [0.1, 0.15) is 23.1 Å². The van der Waals surface area contributed by atoms with Crippen LogP contribution in [-0.4, -0.2) is 32.3 Å². The maximum atomic E-state index is 13.1. The number of aryl methyl sites for hydroxylation is 1. The molecule has 1 amide bonds. The van der Waals surface area contributed by atoms with Gasteiger partial charge < -0.3 is 4.90 Å². The largest absolute Gasteiger partial charge is 0.338 e. The van der Waals surface area contributed by atoms with Crippen molar-refractivity contribution < 1.29 is 17.6 Å². The van der Waals surface area contributed by atoms with Crippen molar-refractivity contribution in [1.82, 2.24) is 9.62 Å². The Hall–Kier alpha value is -2.25. The molecule has 1 N–H and O–H groups in total. The van der Waals surface area contributed by atoms with Crippen LogP contribution >= 0.6 is 0 Å². The van der Waals surface area contributed by atoms with Crippen LogP contribution in [0.15, 0.2) is 47.4 Å². The van der Waals surface area contributed by atoms with Crippen LogP contribution in [0.25, 0.3) is 0 Å². The van der Waals surface area contributed by atoms with Crippen LogP contribution in [0.5, 0.6) is 0 Å². The summed E-state index contributed by atoms with van der Waals surface area (Å²) in [5, 5.41) is 0. The maximum absolute atomic E-state index is 13.1. The first kappa shape index (κ1) is 18.5. The summed E-state index contributed by atoms with van der Waals surface area (Å²) in [4.78, 5) is 14.2. The normalized spacial score (nSPS) is 14.2. The number of hydrogen-bond donors (Lipinski definition) is 1. The number of rotatable bonds is 5. The quantitative estimate of drug-likeness (QED) is 0.871. The molecule has 1 aliphatic rings. The third-order valence-corrected chi connectivity index (χ3v) is 6.16. The molecule has 0 radical (unpaired) electrons. The Morgan fingerprint density at radius 1 is 1.19 bits per heavy atom. The third kappa shape index (κ3) is 4.11. The van der Waals surface area contributed by atoms with Gasteiger partial charge in [0.2, 0.25) is 15.9 Å². The molecule has 5 nitrogen and oxygen atoms in total. The minimum atomic E-state index is -3.77. The molecular formula is C19H21FN2O3S. The van der Waals surface area contributed by atoms with E-state index < -0.39 is 15.8 Å². The fraction of sp³-hybridized carbons (Fsp3) is 0.316. The number of hydrogen-bond acceptors (Lipinski definition) is 3. The van der Waals surface area contributed by atoms with E-state index in [1.807, 2.05) is 18.2 Å². The molecule has 0 bridgehead atoms. The second-order valence-electron chi connectivity index (χ2n) is 6.39.